The van der Waals surface area contributed by atoms with Crippen LogP contribution >= 0.6 is 0 Å². The second-order valence-corrected chi connectivity index (χ2v) is 4.18. The molecule has 1 saturated heterocycles. The summed E-state index contributed by atoms with van der Waals surface area (Å²) in [5.41, 5.74) is 0.998. The van der Waals surface area contributed by atoms with E-state index in [9.17, 15) is 9.59 Å². The van der Waals surface area contributed by atoms with Gasteiger partial charge >= 0.3 is 0 Å². The number of carbonyl (C=O) groups is 2. The first-order chi connectivity index (χ1) is 7.57. The van der Waals surface area contributed by atoms with Crippen molar-refractivity contribution in [2.45, 2.75) is 32.9 Å². The minimum absolute atomic E-state index is 0.0482. The highest BCUT2D eigenvalue weighted by Crippen LogP contribution is 2.28. The predicted molar refractivity (Wildman–Crippen MR) is 57.0 cm³/mol. The number of hydroxylamine groups is 2. The molecule has 0 spiro atoms. The van der Waals surface area contributed by atoms with Gasteiger partial charge in [0.25, 0.3) is 11.8 Å². The van der Waals surface area contributed by atoms with Gasteiger partial charge in [-0.25, -0.2) is 0 Å². The summed E-state index contributed by atoms with van der Waals surface area (Å²) in [6.07, 6.45) is 1.46. The Kier molecular flexibility index (Phi) is 2.71. The summed E-state index contributed by atoms with van der Waals surface area (Å²) < 4.78 is 0. The highest BCUT2D eigenvalue weighted by atomic mass is 16.7. The van der Waals surface area contributed by atoms with Gasteiger partial charge < -0.3 is 4.90 Å². The molecule has 5 heteroatoms. The molecular formula is C11H16N2O3. The van der Waals surface area contributed by atoms with Crippen molar-refractivity contribution in [1.29, 1.82) is 0 Å². The van der Waals surface area contributed by atoms with Crippen LogP contribution in [0.3, 0.4) is 0 Å². The van der Waals surface area contributed by atoms with E-state index in [1.807, 2.05) is 0 Å². The normalized spacial score (nSPS) is 26.3. The molecule has 0 aromatic carbocycles. The summed E-state index contributed by atoms with van der Waals surface area (Å²) >= 11 is 0. The van der Waals surface area contributed by atoms with E-state index in [2.05, 4.69) is 0 Å². The number of hydrogen-bond donors (Lipinski definition) is 0. The number of hydrogen-bond acceptors (Lipinski definition) is 3. The molecule has 0 bridgehead atoms. The summed E-state index contributed by atoms with van der Waals surface area (Å²) in [6, 6.07) is 0. The van der Waals surface area contributed by atoms with Gasteiger partial charge in [0, 0.05) is 17.7 Å². The molecule has 88 valence electrons. The summed E-state index contributed by atoms with van der Waals surface area (Å²) in [7, 11) is 1.47. The van der Waals surface area contributed by atoms with Crippen LogP contribution in [-0.2, 0) is 14.4 Å². The first-order valence-corrected chi connectivity index (χ1v) is 5.44. The number of nitrogens with zero attached hydrogens (tertiary/aromatic N) is 2. The quantitative estimate of drug-likeness (QED) is 0.658. The Balaban J connectivity index is 2.46. The SMILES string of the molecule is CON1C(=O)C(C)=C(C)C(=O)N2CCCC21. The zero-order chi connectivity index (χ0) is 11.9. The van der Waals surface area contributed by atoms with E-state index in [4.69, 9.17) is 4.84 Å². The number of carbonyl (C=O) groups excluding carboxylic acids is 2. The van der Waals surface area contributed by atoms with Gasteiger partial charge in [0.05, 0.1) is 7.11 Å². The molecule has 5 nitrogen and oxygen atoms in total. The standard InChI is InChI=1S/C11H16N2O3/c1-7-8(2)11(15)13(16-3)9-5-4-6-12(9)10(7)14/h9H,4-6H2,1-3H3. The van der Waals surface area contributed by atoms with Crippen LogP contribution < -0.4 is 0 Å². The Labute approximate surface area is 94.6 Å². The minimum Gasteiger partial charge on any atom is -0.316 e. The fourth-order valence-corrected chi connectivity index (χ4v) is 2.27. The predicted octanol–water partition coefficient (Wildman–Crippen LogP) is 0.675. The third-order valence-electron chi connectivity index (χ3n) is 3.35. The molecule has 0 radical (unpaired) electrons. The third kappa shape index (κ3) is 1.43. The Hall–Kier alpha value is -1.36. The van der Waals surface area contributed by atoms with Gasteiger partial charge in [0.15, 0.2) is 0 Å². The van der Waals surface area contributed by atoms with Gasteiger partial charge in [-0.2, -0.15) is 5.06 Å². The third-order valence-corrected chi connectivity index (χ3v) is 3.35. The fraction of sp³-hybridized carbons (Fsp3) is 0.636. The largest absolute Gasteiger partial charge is 0.316 e. The number of rotatable bonds is 1. The van der Waals surface area contributed by atoms with E-state index in [-0.39, 0.29) is 18.0 Å². The van der Waals surface area contributed by atoms with Crippen molar-refractivity contribution in [3.05, 3.63) is 11.1 Å². The second-order valence-electron chi connectivity index (χ2n) is 4.18. The van der Waals surface area contributed by atoms with Crippen LogP contribution in [0.15, 0.2) is 11.1 Å². The highest BCUT2D eigenvalue weighted by molar-refractivity contribution is 6.05. The van der Waals surface area contributed by atoms with Crippen LogP contribution in [0, 0.1) is 0 Å². The Morgan fingerprint density at radius 2 is 1.81 bits per heavy atom. The molecule has 0 saturated carbocycles. The van der Waals surface area contributed by atoms with Crippen LogP contribution in [0.5, 0.6) is 0 Å². The molecule has 0 aromatic heterocycles. The molecule has 16 heavy (non-hydrogen) atoms. The summed E-state index contributed by atoms with van der Waals surface area (Å²) in [4.78, 5) is 31.0. The Morgan fingerprint density at radius 1 is 1.19 bits per heavy atom. The van der Waals surface area contributed by atoms with Crippen LogP contribution in [0.4, 0.5) is 0 Å². The molecular weight excluding hydrogens is 208 g/mol. The average Bonchev–Trinajstić information content (AvgIpc) is 2.73. The van der Waals surface area contributed by atoms with Gasteiger partial charge in [-0.3, -0.25) is 14.4 Å². The van der Waals surface area contributed by atoms with Crippen molar-refractivity contribution < 1.29 is 14.4 Å². The zero-order valence-electron chi connectivity index (χ0n) is 9.82. The van der Waals surface area contributed by atoms with Gasteiger partial charge in [-0.15, -0.1) is 0 Å². The van der Waals surface area contributed by atoms with Gasteiger partial charge in [0.1, 0.15) is 6.17 Å². The molecule has 2 rings (SSSR count). The van der Waals surface area contributed by atoms with Crippen molar-refractivity contribution in [2.75, 3.05) is 13.7 Å². The molecule has 2 heterocycles. The van der Waals surface area contributed by atoms with E-state index in [1.165, 1.54) is 12.2 Å². The highest BCUT2D eigenvalue weighted by Gasteiger charge is 2.40. The number of amides is 2. The molecule has 1 fully saturated rings. The summed E-state index contributed by atoms with van der Waals surface area (Å²) in [5.74, 6) is -0.254. The van der Waals surface area contributed by atoms with Crippen molar-refractivity contribution in [3.8, 4) is 0 Å². The summed E-state index contributed by atoms with van der Waals surface area (Å²) in [5, 5.41) is 1.32. The van der Waals surface area contributed by atoms with Gasteiger partial charge in [-0.1, -0.05) is 0 Å². The van der Waals surface area contributed by atoms with E-state index in [0.29, 0.717) is 17.7 Å². The lowest BCUT2D eigenvalue weighted by atomic mass is 10.1. The Bertz CT molecular complexity index is 371. The maximum Gasteiger partial charge on any atom is 0.275 e. The molecule has 0 aromatic rings. The lowest BCUT2D eigenvalue weighted by Crippen LogP contribution is -2.47. The molecule has 2 amide bonds. The average molecular weight is 224 g/mol. The van der Waals surface area contributed by atoms with Crippen LogP contribution in [0.1, 0.15) is 26.7 Å². The maximum atomic E-state index is 12.1. The van der Waals surface area contributed by atoms with E-state index in [1.54, 1.807) is 18.7 Å². The molecule has 1 unspecified atom stereocenters. The molecule has 2 aliphatic rings. The van der Waals surface area contributed by atoms with Crippen LogP contribution in [-0.4, -0.2) is 41.6 Å². The fourth-order valence-electron chi connectivity index (χ4n) is 2.27. The zero-order valence-corrected chi connectivity index (χ0v) is 9.82. The van der Waals surface area contributed by atoms with E-state index in [0.717, 1.165) is 12.8 Å². The first-order valence-electron chi connectivity index (χ1n) is 5.44. The van der Waals surface area contributed by atoms with E-state index < -0.39 is 0 Å². The van der Waals surface area contributed by atoms with Gasteiger partial charge in [-0.05, 0) is 26.7 Å². The molecule has 2 aliphatic heterocycles. The van der Waals surface area contributed by atoms with Crippen LogP contribution in [0.25, 0.3) is 0 Å². The van der Waals surface area contributed by atoms with E-state index >= 15 is 0 Å². The summed E-state index contributed by atoms with van der Waals surface area (Å²) in [6.45, 7) is 4.06. The lowest BCUT2D eigenvalue weighted by molar-refractivity contribution is -0.197. The molecule has 1 atom stereocenters. The maximum absolute atomic E-state index is 12.1. The second kappa shape index (κ2) is 3.90. The van der Waals surface area contributed by atoms with Crippen molar-refractivity contribution in [3.63, 3.8) is 0 Å². The Morgan fingerprint density at radius 3 is 2.44 bits per heavy atom. The van der Waals surface area contributed by atoms with Crippen molar-refractivity contribution in [1.82, 2.24) is 9.96 Å². The van der Waals surface area contributed by atoms with Gasteiger partial charge in [0.2, 0.25) is 0 Å². The first kappa shape index (κ1) is 11.1. The number of fused-ring (bicyclic) bond motifs is 1. The molecule has 0 N–H and O–H groups in total. The molecule has 0 aliphatic carbocycles. The van der Waals surface area contributed by atoms with Crippen LogP contribution in [0.2, 0.25) is 0 Å². The van der Waals surface area contributed by atoms with Crippen molar-refractivity contribution in [2.24, 2.45) is 0 Å². The smallest absolute Gasteiger partial charge is 0.275 e. The monoisotopic (exact) mass is 224 g/mol. The minimum atomic E-state index is -0.239. The topological polar surface area (TPSA) is 49.9 Å². The van der Waals surface area contributed by atoms with Crippen molar-refractivity contribution >= 4 is 11.8 Å². The lowest BCUT2D eigenvalue weighted by Gasteiger charge is -2.30.